The molecule has 2 amide bonds. The van der Waals surface area contributed by atoms with E-state index in [0.717, 1.165) is 6.42 Å². The molecule has 3 fully saturated rings. The molecular formula is C24H35BrN2O5S. The molecule has 0 aromatic rings. The standard InChI is InChI=1S/C24H35BrN2O5S/c1-6-8-9-11-32-23(31)17-18-21(29)27(15(5)13-28)20(22(30)26(10-7-2)14(3)4)24(18)12-16(25)19(17)33-24/h6-7,14-20,28H,1-2,8-13H2,3-5H3/t15-,16?,17+,18+,19+,20?,24?/m1/s1. The third kappa shape index (κ3) is 4.41. The van der Waals surface area contributed by atoms with Crippen LogP contribution >= 0.6 is 27.7 Å². The van der Waals surface area contributed by atoms with Gasteiger partial charge in [-0.25, -0.2) is 0 Å². The van der Waals surface area contributed by atoms with Gasteiger partial charge in [-0.2, -0.15) is 0 Å². The van der Waals surface area contributed by atoms with Crippen LogP contribution in [-0.2, 0) is 19.1 Å². The van der Waals surface area contributed by atoms with Gasteiger partial charge in [0.2, 0.25) is 11.8 Å². The van der Waals surface area contributed by atoms with E-state index in [2.05, 4.69) is 29.1 Å². The molecule has 2 bridgehead atoms. The Bertz CT molecular complexity index is 808. The minimum absolute atomic E-state index is 0.0103. The van der Waals surface area contributed by atoms with Gasteiger partial charge in [-0.05, 0) is 40.0 Å². The van der Waals surface area contributed by atoms with Crippen molar-refractivity contribution in [1.82, 2.24) is 9.80 Å². The molecule has 7 nitrogen and oxygen atoms in total. The van der Waals surface area contributed by atoms with Gasteiger partial charge in [-0.15, -0.1) is 24.9 Å². The first-order valence-electron chi connectivity index (χ1n) is 11.6. The fourth-order valence-corrected chi connectivity index (χ4v) is 9.11. The van der Waals surface area contributed by atoms with Crippen LogP contribution in [0, 0.1) is 11.8 Å². The number of fused-ring (bicyclic) bond motifs is 1. The van der Waals surface area contributed by atoms with Crippen molar-refractivity contribution in [3.63, 3.8) is 0 Å². The summed E-state index contributed by atoms with van der Waals surface area (Å²) in [5.74, 6) is -2.04. The molecule has 7 atom stereocenters. The van der Waals surface area contributed by atoms with Crippen LogP contribution in [0.5, 0.6) is 0 Å². The highest BCUT2D eigenvalue weighted by Gasteiger charge is 2.76. The van der Waals surface area contributed by atoms with Crippen LogP contribution in [0.2, 0.25) is 0 Å². The first kappa shape index (κ1) is 26.3. The number of unbranched alkanes of at least 4 members (excludes halogenated alkanes) is 1. The van der Waals surface area contributed by atoms with Crippen molar-refractivity contribution in [2.75, 3.05) is 19.8 Å². The highest BCUT2D eigenvalue weighted by atomic mass is 79.9. The summed E-state index contributed by atoms with van der Waals surface area (Å²) in [5.41, 5.74) is 0. The van der Waals surface area contributed by atoms with E-state index in [1.54, 1.807) is 35.7 Å². The summed E-state index contributed by atoms with van der Waals surface area (Å²) in [5, 5.41) is 9.80. The maximum atomic E-state index is 14.0. The molecule has 33 heavy (non-hydrogen) atoms. The van der Waals surface area contributed by atoms with Crippen molar-refractivity contribution >= 4 is 45.5 Å². The number of ether oxygens (including phenoxy) is 1. The van der Waals surface area contributed by atoms with E-state index in [4.69, 9.17) is 4.74 Å². The van der Waals surface area contributed by atoms with Crippen LogP contribution < -0.4 is 0 Å². The highest BCUT2D eigenvalue weighted by Crippen LogP contribution is 2.68. The number of hydrogen-bond acceptors (Lipinski definition) is 6. The van der Waals surface area contributed by atoms with Gasteiger partial charge < -0.3 is 19.6 Å². The lowest BCUT2D eigenvalue weighted by molar-refractivity contribution is -0.154. The third-order valence-electron chi connectivity index (χ3n) is 7.00. The lowest BCUT2D eigenvalue weighted by atomic mass is 9.71. The smallest absolute Gasteiger partial charge is 0.310 e. The molecule has 3 aliphatic heterocycles. The zero-order chi connectivity index (χ0) is 24.5. The summed E-state index contributed by atoms with van der Waals surface area (Å²) in [6, 6.07) is -1.38. The molecule has 184 valence electrons. The molecule has 3 heterocycles. The largest absolute Gasteiger partial charge is 0.465 e. The quantitative estimate of drug-likeness (QED) is 0.187. The SMILES string of the molecule is C=CCCCOC(=O)[C@H]1[C@H]2C(=O)N([C@H](C)CO)C(C(=O)N(CC=C)C(C)C)C23CC(Br)[C@@H]1S3. The van der Waals surface area contributed by atoms with Gasteiger partial charge in [0.1, 0.15) is 6.04 Å². The van der Waals surface area contributed by atoms with Crippen LogP contribution in [-0.4, -0.2) is 85.4 Å². The summed E-state index contributed by atoms with van der Waals surface area (Å²) < 4.78 is 4.83. The van der Waals surface area contributed by atoms with Crippen molar-refractivity contribution in [3.8, 4) is 0 Å². The number of alkyl halides is 1. The number of allylic oxidation sites excluding steroid dienone is 1. The lowest BCUT2D eigenvalue weighted by Gasteiger charge is -2.40. The molecule has 0 radical (unpaired) electrons. The topological polar surface area (TPSA) is 87.1 Å². The van der Waals surface area contributed by atoms with Crippen LogP contribution in [0.1, 0.15) is 40.0 Å². The van der Waals surface area contributed by atoms with Gasteiger partial charge in [-0.1, -0.05) is 28.1 Å². The highest BCUT2D eigenvalue weighted by molar-refractivity contribution is 9.09. The Morgan fingerprint density at radius 3 is 2.64 bits per heavy atom. The number of carbonyl (C=O) groups excluding carboxylic acids is 3. The van der Waals surface area contributed by atoms with Gasteiger partial charge in [-0.3, -0.25) is 14.4 Å². The van der Waals surface area contributed by atoms with E-state index in [1.165, 1.54) is 4.90 Å². The number of amides is 2. The summed E-state index contributed by atoms with van der Waals surface area (Å²) in [6.07, 6.45) is 5.49. The van der Waals surface area contributed by atoms with Crippen molar-refractivity contribution in [1.29, 1.82) is 0 Å². The molecule has 3 aliphatic rings. The van der Waals surface area contributed by atoms with Crippen LogP contribution in [0.15, 0.2) is 25.3 Å². The Labute approximate surface area is 209 Å². The van der Waals surface area contributed by atoms with E-state index in [-0.39, 0.29) is 47.1 Å². The fraction of sp³-hybridized carbons (Fsp3) is 0.708. The first-order chi connectivity index (χ1) is 15.7. The fourth-order valence-electron chi connectivity index (χ4n) is 5.53. The van der Waals surface area contributed by atoms with E-state index in [1.807, 2.05) is 13.8 Å². The van der Waals surface area contributed by atoms with Gasteiger partial charge in [0.15, 0.2) is 0 Å². The Kier molecular flexibility index (Phi) is 8.38. The van der Waals surface area contributed by atoms with Gasteiger partial charge in [0.25, 0.3) is 0 Å². The predicted octanol–water partition coefficient (Wildman–Crippen LogP) is 2.76. The van der Waals surface area contributed by atoms with Gasteiger partial charge in [0.05, 0.1) is 35.8 Å². The van der Waals surface area contributed by atoms with Gasteiger partial charge >= 0.3 is 5.97 Å². The number of nitrogens with zero attached hydrogens (tertiary/aromatic N) is 2. The second kappa shape index (κ2) is 10.5. The Morgan fingerprint density at radius 1 is 1.36 bits per heavy atom. The lowest BCUT2D eigenvalue weighted by Crippen LogP contribution is -2.58. The number of carbonyl (C=O) groups is 3. The zero-order valence-electron chi connectivity index (χ0n) is 19.6. The minimum Gasteiger partial charge on any atom is -0.465 e. The number of aliphatic hydroxyl groups is 1. The molecule has 3 rings (SSSR count). The molecule has 3 unspecified atom stereocenters. The van der Waals surface area contributed by atoms with Crippen LogP contribution in [0.4, 0.5) is 0 Å². The molecule has 9 heteroatoms. The molecule has 0 saturated carbocycles. The van der Waals surface area contributed by atoms with E-state index in [0.29, 0.717) is 19.4 Å². The average molecular weight is 544 g/mol. The Morgan fingerprint density at radius 2 is 2.06 bits per heavy atom. The monoisotopic (exact) mass is 542 g/mol. The van der Waals surface area contributed by atoms with E-state index < -0.39 is 28.7 Å². The number of aliphatic hydroxyl groups excluding tert-OH is 1. The van der Waals surface area contributed by atoms with Crippen molar-refractivity contribution in [2.24, 2.45) is 11.8 Å². The zero-order valence-corrected chi connectivity index (χ0v) is 22.0. The van der Waals surface area contributed by atoms with Gasteiger partial charge in [0, 0.05) is 22.7 Å². The third-order valence-corrected chi connectivity index (χ3v) is 10.2. The summed E-state index contributed by atoms with van der Waals surface area (Å²) in [7, 11) is 0. The van der Waals surface area contributed by atoms with E-state index in [9.17, 15) is 19.5 Å². The summed E-state index contributed by atoms with van der Waals surface area (Å²) >= 11 is 5.31. The number of likely N-dealkylation sites (tertiary alicyclic amines) is 1. The molecule has 1 spiro atoms. The van der Waals surface area contributed by atoms with Crippen LogP contribution in [0.3, 0.4) is 0 Å². The molecule has 0 aromatic heterocycles. The Balaban J connectivity index is 2.00. The number of thioether (sulfide) groups is 1. The number of esters is 1. The number of rotatable bonds is 11. The van der Waals surface area contributed by atoms with Crippen molar-refractivity contribution in [3.05, 3.63) is 25.3 Å². The number of halogens is 1. The molecule has 1 N–H and O–H groups in total. The summed E-state index contributed by atoms with van der Waals surface area (Å²) in [4.78, 5) is 44.2. The Hall–Kier alpha value is -1.32. The predicted molar refractivity (Wildman–Crippen MR) is 133 cm³/mol. The molecule has 3 saturated heterocycles. The minimum atomic E-state index is -0.756. The van der Waals surface area contributed by atoms with Crippen LogP contribution in [0.25, 0.3) is 0 Å². The maximum absolute atomic E-state index is 14.0. The van der Waals surface area contributed by atoms with Crippen molar-refractivity contribution in [2.45, 2.75) is 73.0 Å². The average Bonchev–Trinajstić information content (AvgIpc) is 3.37. The second-order valence-electron chi connectivity index (χ2n) is 9.41. The normalized spacial score (nSPS) is 33.2. The molecular weight excluding hydrogens is 508 g/mol. The van der Waals surface area contributed by atoms with E-state index >= 15 is 0 Å². The second-order valence-corrected chi connectivity index (χ2v) is 12.1. The molecule has 0 aromatic carbocycles. The molecule has 0 aliphatic carbocycles. The van der Waals surface area contributed by atoms with Crippen molar-refractivity contribution < 1.29 is 24.2 Å². The maximum Gasteiger partial charge on any atom is 0.310 e. The summed E-state index contributed by atoms with van der Waals surface area (Å²) in [6.45, 7) is 13.5. The number of hydrogen-bond donors (Lipinski definition) is 1. The first-order valence-corrected chi connectivity index (χ1v) is 13.4.